The van der Waals surface area contributed by atoms with Crippen molar-refractivity contribution in [1.29, 1.82) is 0 Å². The van der Waals surface area contributed by atoms with Gasteiger partial charge in [0.25, 0.3) is 0 Å². The zero-order valence-corrected chi connectivity index (χ0v) is 13.6. The second-order valence-corrected chi connectivity index (χ2v) is 7.85. The third-order valence-electron chi connectivity index (χ3n) is 3.26. The van der Waals surface area contributed by atoms with E-state index in [1.165, 1.54) is 0 Å². The molecule has 0 aliphatic carbocycles. The highest BCUT2D eigenvalue weighted by Gasteiger charge is 2.23. The predicted molar refractivity (Wildman–Crippen MR) is 82.5 cm³/mol. The molecule has 0 aromatic heterocycles. The van der Waals surface area contributed by atoms with Gasteiger partial charge in [0.15, 0.2) is 21.3 Å². The minimum absolute atomic E-state index is 0.0959. The summed E-state index contributed by atoms with van der Waals surface area (Å²) in [6.45, 7) is 6.72. The van der Waals surface area contributed by atoms with Gasteiger partial charge in [0.2, 0.25) is 6.79 Å². The molecule has 2 rings (SSSR count). The van der Waals surface area contributed by atoms with Crippen LogP contribution in [0.25, 0.3) is 0 Å². The summed E-state index contributed by atoms with van der Waals surface area (Å²) in [7, 11) is -3.10. The zero-order chi connectivity index (χ0) is 15.5. The molecular formula is C15H23NO4S. The van der Waals surface area contributed by atoms with E-state index in [2.05, 4.69) is 5.32 Å². The van der Waals surface area contributed by atoms with Gasteiger partial charge in [0.1, 0.15) is 0 Å². The standard InChI is InChI=1S/C15H23NO4S/c1-4-16-13(9-21(17,18)8-11(2)3)12-5-6-14-15(7-12)20-10-19-14/h5-7,11,13,16H,4,8-10H2,1-3H3. The van der Waals surface area contributed by atoms with Crippen LogP contribution < -0.4 is 14.8 Å². The number of rotatable bonds is 7. The smallest absolute Gasteiger partial charge is 0.231 e. The molecule has 6 heteroatoms. The van der Waals surface area contributed by atoms with Gasteiger partial charge in [-0.2, -0.15) is 0 Å². The molecule has 1 aromatic carbocycles. The SMILES string of the molecule is CCNC(CS(=O)(=O)CC(C)C)c1ccc2c(c1)OCO2. The van der Waals surface area contributed by atoms with E-state index in [0.717, 1.165) is 5.56 Å². The molecule has 0 fully saturated rings. The summed E-state index contributed by atoms with van der Waals surface area (Å²) in [4.78, 5) is 0. The van der Waals surface area contributed by atoms with Gasteiger partial charge in [-0.1, -0.05) is 26.8 Å². The minimum Gasteiger partial charge on any atom is -0.454 e. The lowest BCUT2D eigenvalue weighted by Gasteiger charge is -2.19. The molecule has 0 saturated carbocycles. The maximum atomic E-state index is 12.2. The molecule has 21 heavy (non-hydrogen) atoms. The van der Waals surface area contributed by atoms with E-state index in [1.54, 1.807) is 0 Å². The molecular weight excluding hydrogens is 290 g/mol. The predicted octanol–water partition coefficient (Wildman–Crippen LogP) is 2.14. The quantitative estimate of drug-likeness (QED) is 0.835. The number of nitrogens with one attached hydrogen (secondary N) is 1. The normalized spacial score (nSPS) is 15.4. The van der Waals surface area contributed by atoms with Gasteiger partial charge >= 0.3 is 0 Å². The summed E-state index contributed by atoms with van der Waals surface area (Å²) in [5.74, 6) is 1.82. The van der Waals surface area contributed by atoms with Crippen molar-refractivity contribution in [2.75, 3.05) is 24.8 Å². The summed E-state index contributed by atoms with van der Waals surface area (Å²) in [5, 5.41) is 3.24. The molecule has 0 saturated heterocycles. The Kier molecular flexibility index (Phi) is 5.11. The Bertz CT molecular complexity index is 583. The van der Waals surface area contributed by atoms with Crippen molar-refractivity contribution in [3.05, 3.63) is 23.8 Å². The maximum Gasteiger partial charge on any atom is 0.231 e. The molecule has 0 amide bonds. The average molecular weight is 313 g/mol. The second-order valence-electron chi connectivity index (χ2n) is 5.69. The van der Waals surface area contributed by atoms with Crippen LogP contribution in [0.3, 0.4) is 0 Å². The van der Waals surface area contributed by atoms with Crippen LogP contribution in [0.15, 0.2) is 18.2 Å². The summed E-state index contributed by atoms with van der Waals surface area (Å²) < 4.78 is 35.1. The fourth-order valence-corrected chi connectivity index (χ4v) is 4.45. The molecule has 1 unspecified atom stereocenters. The Hall–Kier alpha value is -1.27. The molecule has 0 spiro atoms. The Balaban J connectivity index is 2.19. The highest BCUT2D eigenvalue weighted by molar-refractivity contribution is 7.91. The lowest BCUT2D eigenvalue weighted by molar-refractivity contribution is 0.174. The molecule has 1 aliphatic rings. The molecule has 5 nitrogen and oxygen atoms in total. The van der Waals surface area contributed by atoms with Crippen LogP contribution in [-0.2, 0) is 9.84 Å². The number of fused-ring (bicyclic) bond motifs is 1. The van der Waals surface area contributed by atoms with Crippen LogP contribution in [-0.4, -0.2) is 33.3 Å². The van der Waals surface area contributed by atoms with Gasteiger partial charge in [0, 0.05) is 6.04 Å². The molecule has 1 atom stereocenters. The average Bonchev–Trinajstić information content (AvgIpc) is 2.83. The Morgan fingerprint density at radius 2 is 1.90 bits per heavy atom. The van der Waals surface area contributed by atoms with Crippen molar-refractivity contribution >= 4 is 9.84 Å². The van der Waals surface area contributed by atoms with Gasteiger partial charge in [0.05, 0.1) is 11.5 Å². The summed E-state index contributed by atoms with van der Waals surface area (Å²) in [6, 6.07) is 5.36. The molecule has 1 aliphatic heterocycles. The van der Waals surface area contributed by atoms with E-state index in [9.17, 15) is 8.42 Å². The fourth-order valence-electron chi connectivity index (χ4n) is 2.48. The molecule has 1 heterocycles. The van der Waals surface area contributed by atoms with E-state index in [1.807, 2.05) is 39.0 Å². The number of ether oxygens (including phenoxy) is 2. The minimum atomic E-state index is -3.10. The van der Waals surface area contributed by atoms with Crippen molar-refractivity contribution in [2.24, 2.45) is 5.92 Å². The third-order valence-corrected chi connectivity index (χ3v) is 5.27. The van der Waals surface area contributed by atoms with Gasteiger partial charge in [-0.05, 0) is 30.2 Å². The summed E-state index contributed by atoms with van der Waals surface area (Å²) in [6.07, 6.45) is 0. The summed E-state index contributed by atoms with van der Waals surface area (Å²) >= 11 is 0. The Morgan fingerprint density at radius 1 is 1.19 bits per heavy atom. The van der Waals surface area contributed by atoms with Crippen LogP contribution in [0.5, 0.6) is 11.5 Å². The zero-order valence-electron chi connectivity index (χ0n) is 12.8. The summed E-state index contributed by atoms with van der Waals surface area (Å²) in [5.41, 5.74) is 0.911. The van der Waals surface area contributed by atoms with Crippen molar-refractivity contribution in [1.82, 2.24) is 5.32 Å². The van der Waals surface area contributed by atoms with Gasteiger partial charge in [-0.25, -0.2) is 8.42 Å². The number of hydrogen-bond acceptors (Lipinski definition) is 5. The van der Waals surface area contributed by atoms with Crippen molar-refractivity contribution in [3.63, 3.8) is 0 Å². The molecule has 0 bridgehead atoms. The number of sulfone groups is 1. The first-order chi connectivity index (χ1) is 9.91. The van der Waals surface area contributed by atoms with Gasteiger partial charge in [-0.15, -0.1) is 0 Å². The molecule has 118 valence electrons. The topological polar surface area (TPSA) is 64.6 Å². The van der Waals surface area contributed by atoms with Crippen molar-refractivity contribution in [3.8, 4) is 11.5 Å². The van der Waals surface area contributed by atoms with E-state index >= 15 is 0 Å². The third kappa shape index (κ3) is 4.35. The Labute approximate surface area is 126 Å². The second kappa shape index (κ2) is 6.66. The van der Waals surface area contributed by atoms with Crippen molar-refractivity contribution < 1.29 is 17.9 Å². The fraction of sp³-hybridized carbons (Fsp3) is 0.600. The van der Waals surface area contributed by atoms with Crippen LogP contribution >= 0.6 is 0 Å². The monoisotopic (exact) mass is 313 g/mol. The van der Waals surface area contributed by atoms with Crippen LogP contribution in [0.4, 0.5) is 0 Å². The highest BCUT2D eigenvalue weighted by Crippen LogP contribution is 2.34. The van der Waals surface area contributed by atoms with Crippen LogP contribution in [0, 0.1) is 5.92 Å². The molecule has 1 aromatic rings. The van der Waals surface area contributed by atoms with Gasteiger partial charge in [-0.3, -0.25) is 0 Å². The lowest BCUT2D eigenvalue weighted by Crippen LogP contribution is -2.30. The van der Waals surface area contributed by atoms with Gasteiger partial charge < -0.3 is 14.8 Å². The first kappa shape index (κ1) is 16.1. The highest BCUT2D eigenvalue weighted by atomic mass is 32.2. The number of hydrogen-bond donors (Lipinski definition) is 1. The molecule has 1 N–H and O–H groups in total. The largest absolute Gasteiger partial charge is 0.454 e. The van der Waals surface area contributed by atoms with Crippen LogP contribution in [0.2, 0.25) is 0 Å². The van der Waals surface area contributed by atoms with Crippen LogP contribution in [0.1, 0.15) is 32.4 Å². The molecule has 0 radical (unpaired) electrons. The van der Waals surface area contributed by atoms with E-state index in [4.69, 9.17) is 9.47 Å². The maximum absolute atomic E-state index is 12.2. The lowest BCUT2D eigenvalue weighted by atomic mass is 10.1. The first-order valence-electron chi connectivity index (χ1n) is 7.24. The van der Waals surface area contributed by atoms with E-state index < -0.39 is 9.84 Å². The van der Waals surface area contributed by atoms with E-state index in [0.29, 0.717) is 18.0 Å². The van der Waals surface area contributed by atoms with Crippen molar-refractivity contribution in [2.45, 2.75) is 26.8 Å². The number of benzene rings is 1. The Morgan fingerprint density at radius 3 is 2.57 bits per heavy atom. The first-order valence-corrected chi connectivity index (χ1v) is 9.06. The van der Waals surface area contributed by atoms with E-state index in [-0.39, 0.29) is 30.3 Å².